The lowest BCUT2D eigenvalue weighted by molar-refractivity contribution is -0.122. The number of likely N-dealkylation sites (N-methyl/N-ethyl adjacent to an activating group) is 1. The van der Waals surface area contributed by atoms with Gasteiger partial charge in [-0.25, -0.2) is 0 Å². The quantitative estimate of drug-likeness (QED) is 0.758. The third-order valence-electron chi connectivity index (χ3n) is 3.39. The van der Waals surface area contributed by atoms with Crippen molar-refractivity contribution >= 4 is 23.2 Å². The number of rotatable bonds is 6. The molecule has 0 unspecified atom stereocenters. The smallest absolute Gasteiger partial charge is 0.272 e. The Morgan fingerprint density at radius 1 is 1.35 bits per heavy atom. The molecule has 2 aromatic heterocycles. The van der Waals surface area contributed by atoms with Gasteiger partial charge in [-0.2, -0.15) is 5.10 Å². The lowest BCUT2D eigenvalue weighted by atomic mass is 10.0. The van der Waals surface area contributed by atoms with Crippen LogP contribution in [-0.4, -0.2) is 35.1 Å². The maximum atomic E-state index is 12.3. The van der Waals surface area contributed by atoms with Crippen molar-refractivity contribution in [2.45, 2.75) is 33.2 Å². The largest absolute Gasteiger partial charge is 0.357 e. The van der Waals surface area contributed by atoms with Gasteiger partial charge in [-0.15, -0.1) is 11.3 Å². The highest BCUT2D eigenvalue weighted by molar-refractivity contribution is 7.15. The topological polar surface area (TPSA) is 86.9 Å². The standard InChI is InChI=1S/C16H22N4O2S/c1-9(2)7-12(15(21)17-4)18-16(22)13-8-11(19-20-13)14-6-5-10(3)23-14/h5-6,8-9,12H,7H2,1-4H3,(H,17,21)(H,18,22)(H,19,20)/t12-/m1/s1. The summed E-state index contributed by atoms with van der Waals surface area (Å²) in [6, 6.07) is 5.15. The number of H-pyrrole nitrogens is 1. The van der Waals surface area contributed by atoms with Gasteiger partial charge in [-0.1, -0.05) is 13.8 Å². The van der Waals surface area contributed by atoms with E-state index in [0.717, 1.165) is 10.6 Å². The fourth-order valence-corrected chi connectivity index (χ4v) is 3.09. The maximum absolute atomic E-state index is 12.3. The summed E-state index contributed by atoms with van der Waals surface area (Å²) in [6.45, 7) is 6.04. The predicted octanol–water partition coefficient (Wildman–Crippen LogP) is 2.34. The molecule has 124 valence electrons. The number of amides is 2. The van der Waals surface area contributed by atoms with E-state index in [1.165, 1.54) is 4.88 Å². The summed E-state index contributed by atoms with van der Waals surface area (Å²) in [5.41, 5.74) is 1.08. The first-order valence-electron chi connectivity index (χ1n) is 7.55. The van der Waals surface area contributed by atoms with Gasteiger partial charge in [0.25, 0.3) is 5.91 Å². The lowest BCUT2D eigenvalue weighted by Crippen LogP contribution is -2.46. The normalized spacial score (nSPS) is 12.2. The van der Waals surface area contributed by atoms with Crippen LogP contribution in [0.4, 0.5) is 0 Å². The number of thiophene rings is 1. The van der Waals surface area contributed by atoms with E-state index < -0.39 is 6.04 Å². The summed E-state index contributed by atoms with van der Waals surface area (Å²) in [5, 5.41) is 12.3. The minimum atomic E-state index is -0.559. The minimum absolute atomic E-state index is 0.198. The Morgan fingerprint density at radius 2 is 2.09 bits per heavy atom. The molecular formula is C16H22N4O2S. The van der Waals surface area contributed by atoms with Crippen LogP contribution in [0.25, 0.3) is 10.6 Å². The van der Waals surface area contributed by atoms with E-state index in [2.05, 4.69) is 20.8 Å². The van der Waals surface area contributed by atoms with Crippen LogP contribution in [0.2, 0.25) is 0 Å². The molecule has 2 aromatic rings. The third kappa shape index (κ3) is 4.41. The van der Waals surface area contributed by atoms with Crippen molar-refractivity contribution < 1.29 is 9.59 Å². The van der Waals surface area contributed by atoms with Gasteiger partial charge in [-0.3, -0.25) is 14.7 Å². The average molecular weight is 334 g/mol. The SMILES string of the molecule is CNC(=O)[C@@H](CC(C)C)NC(=O)c1cc(-c2ccc(C)s2)[nH]n1. The maximum Gasteiger partial charge on any atom is 0.272 e. The summed E-state index contributed by atoms with van der Waals surface area (Å²) < 4.78 is 0. The highest BCUT2D eigenvalue weighted by Crippen LogP contribution is 2.26. The second kappa shape index (κ2) is 7.41. The van der Waals surface area contributed by atoms with Crippen LogP contribution in [0.3, 0.4) is 0 Å². The molecule has 0 aliphatic rings. The molecule has 0 radical (unpaired) electrons. The van der Waals surface area contributed by atoms with Gasteiger partial charge in [-0.05, 0) is 37.5 Å². The Bertz CT molecular complexity index is 690. The van der Waals surface area contributed by atoms with Gasteiger partial charge in [0, 0.05) is 11.9 Å². The highest BCUT2D eigenvalue weighted by Gasteiger charge is 2.23. The van der Waals surface area contributed by atoms with Crippen LogP contribution in [-0.2, 0) is 4.79 Å². The summed E-state index contributed by atoms with van der Waals surface area (Å²) >= 11 is 1.63. The Kier molecular flexibility index (Phi) is 5.54. The monoisotopic (exact) mass is 334 g/mol. The van der Waals surface area contributed by atoms with E-state index in [9.17, 15) is 9.59 Å². The zero-order valence-corrected chi connectivity index (χ0v) is 14.6. The molecule has 6 nitrogen and oxygen atoms in total. The molecule has 7 heteroatoms. The molecule has 1 atom stereocenters. The predicted molar refractivity (Wildman–Crippen MR) is 91.4 cm³/mol. The molecule has 3 N–H and O–H groups in total. The molecule has 0 saturated heterocycles. The van der Waals surface area contributed by atoms with E-state index >= 15 is 0 Å². The first kappa shape index (κ1) is 17.2. The number of aryl methyl sites for hydroxylation is 1. The molecule has 2 amide bonds. The second-order valence-corrected chi connectivity index (χ2v) is 7.13. The average Bonchev–Trinajstić information content (AvgIpc) is 3.13. The molecule has 0 aromatic carbocycles. The number of hydrogen-bond acceptors (Lipinski definition) is 4. The van der Waals surface area contributed by atoms with Gasteiger partial charge in [0.1, 0.15) is 6.04 Å². The van der Waals surface area contributed by atoms with E-state index in [1.54, 1.807) is 24.5 Å². The molecule has 23 heavy (non-hydrogen) atoms. The van der Waals surface area contributed by atoms with Crippen LogP contribution >= 0.6 is 11.3 Å². The molecule has 0 aliphatic heterocycles. The van der Waals surface area contributed by atoms with Gasteiger partial charge in [0.2, 0.25) is 5.91 Å². The van der Waals surface area contributed by atoms with Crippen LogP contribution in [0.5, 0.6) is 0 Å². The third-order valence-corrected chi connectivity index (χ3v) is 4.43. The van der Waals surface area contributed by atoms with Crippen molar-refractivity contribution in [2.75, 3.05) is 7.05 Å². The minimum Gasteiger partial charge on any atom is -0.357 e. The molecular weight excluding hydrogens is 312 g/mol. The van der Waals surface area contributed by atoms with Crippen molar-refractivity contribution in [2.24, 2.45) is 5.92 Å². The number of nitrogens with one attached hydrogen (secondary N) is 3. The number of carbonyl (C=O) groups is 2. The molecule has 0 aliphatic carbocycles. The van der Waals surface area contributed by atoms with Crippen molar-refractivity contribution in [3.63, 3.8) is 0 Å². The van der Waals surface area contributed by atoms with Crippen LogP contribution in [0.1, 0.15) is 35.6 Å². The summed E-state index contributed by atoms with van der Waals surface area (Å²) in [5.74, 6) is -0.256. The molecule has 0 spiro atoms. The Labute approximate surface area is 139 Å². The Balaban J connectivity index is 2.10. The van der Waals surface area contributed by atoms with Gasteiger partial charge in [0.05, 0.1) is 10.6 Å². The van der Waals surface area contributed by atoms with Crippen molar-refractivity contribution in [1.29, 1.82) is 0 Å². The van der Waals surface area contributed by atoms with Crippen LogP contribution in [0.15, 0.2) is 18.2 Å². The molecule has 0 saturated carbocycles. The number of aromatic nitrogens is 2. The fourth-order valence-electron chi connectivity index (χ4n) is 2.25. The second-order valence-electron chi connectivity index (χ2n) is 5.85. The summed E-state index contributed by atoms with van der Waals surface area (Å²) in [7, 11) is 1.56. The Hall–Kier alpha value is -2.15. The van der Waals surface area contributed by atoms with Crippen molar-refractivity contribution in [3.05, 3.63) is 28.8 Å². The molecule has 2 rings (SSSR count). The van der Waals surface area contributed by atoms with E-state index in [4.69, 9.17) is 0 Å². The van der Waals surface area contributed by atoms with Crippen molar-refractivity contribution in [3.8, 4) is 10.6 Å². The number of aromatic amines is 1. The molecule has 0 bridgehead atoms. The Morgan fingerprint density at radius 3 is 2.65 bits per heavy atom. The van der Waals surface area contributed by atoms with E-state index in [-0.39, 0.29) is 17.5 Å². The fraction of sp³-hybridized carbons (Fsp3) is 0.438. The van der Waals surface area contributed by atoms with Gasteiger partial charge >= 0.3 is 0 Å². The van der Waals surface area contributed by atoms with Crippen LogP contribution in [0, 0.1) is 12.8 Å². The summed E-state index contributed by atoms with van der Waals surface area (Å²) in [4.78, 5) is 26.4. The summed E-state index contributed by atoms with van der Waals surface area (Å²) in [6.07, 6.45) is 0.576. The zero-order valence-electron chi connectivity index (χ0n) is 13.8. The highest BCUT2D eigenvalue weighted by atomic mass is 32.1. The molecule has 0 fully saturated rings. The van der Waals surface area contributed by atoms with Crippen molar-refractivity contribution in [1.82, 2.24) is 20.8 Å². The first-order valence-corrected chi connectivity index (χ1v) is 8.37. The van der Waals surface area contributed by atoms with Gasteiger partial charge < -0.3 is 10.6 Å². The number of carbonyl (C=O) groups excluding carboxylic acids is 2. The number of nitrogens with zero attached hydrogens (tertiary/aromatic N) is 1. The zero-order chi connectivity index (χ0) is 17.0. The first-order chi connectivity index (χ1) is 10.9. The van der Waals surface area contributed by atoms with Crippen LogP contribution < -0.4 is 10.6 Å². The molecule has 2 heterocycles. The number of hydrogen-bond donors (Lipinski definition) is 3. The van der Waals surface area contributed by atoms with E-state index in [0.29, 0.717) is 12.3 Å². The van der Waals surface area contributed by atoms with Gasteiger partial charge in [0.15, 0.2) is 5.69 Å². The lowest BCUT2D eigenvalue weighted by Gasteiger charge is -2.18. The van der Waals surface area contributed by atoms with E-state index in [1.807, 2.05) is 32.9 Å².